The summed E-state index contributed by atoms with van der Waals surface area (Å²) >= 11 is 0. The van der Waals surface area contributed by atoms with E-state index in [1.165, 1.54) is 4.90 Å². The van der Waals surface area contributed by atoms with Crippen LogP contribution in [0.2, 0.25) is 0 Å². The molecule has 1 aliphatic rings. The summed E-state index contributed by atoms with van der Waals surface area (Å²) in [5.74, 6) is -0.202. The number of aromatic nitrogens is 2. The van der Waals surface area contributed by atoms with E-state index in [9.17, 15) is 9.59 Å². The third-order valence-corrected chi connectivity index (χ3v) is 3.95. The topological polar surface area (TPSA) is 79.3 Å². The molecule has 1 saturated heterocycles. The maximum atomic E-state index is 13.0. The van der Waals surface area contributed by atoms with Crippen molar-refractivity contribution in [1.82, 2.24) is 25.3 Å². The number of halogens is 1. The molecule has 2 N–H and O–H groups in total. The van der Waals surface area contributed by atoms with Crippen LogP contribution in [0.5, 0.6) is 0 Å². The van der Waals surface area contributed by atoms with Crippen LogP contribution < -0.4 is 10.6 Å². The highest BCUT2D eigenvalue weighted by Gasteiger charge is 2.43. The molecule has 0 aliphatic carbocycles. The van der Waals surface area contributed by atoms with Crippen molar-refractivity contribution in [2.45, 2.75) is 38.3 Å². The van der Waals surface area contributed by atoms with Gasteiger partial charge in [0.15, 0.2) is 0 Å². The number of carbonyl (C=O) groups is 2. The fourth-order valence-corrected chi connectivity index (χ4v) is 2.91. The number of amides is 2. The summed E-state index contributed by atoms with van der Waals surface area (Å²) in [6.07, 6.45) is 4.85. The number of rotatable bonds is 5. The summed E-state index contributed by atoms with van der Waals surface area (Å²) in [6, 6.07) is 1.89. The molecular weight excluding hydrogens is 318 g/mol. The molecule has 1 fully saturated rings. The predicted octanol–water partition coefficient (Wildman–Crippen LogP) is 0.367. The van der Waals surface area contributed by atoms with Gasteiger partial charge in [0.2, 0.25) is 5.91 Å². The summed E-state index contributed by atoms with van der Waals surface area (Å²) < 4.78 is 1.74. The van der Waals surface area contributed by atoms with Gasteiger partial charge >= 0.3 is 0 Å². The second-order valence-corrected chi connectivity index (χ2v) is 6.12. The molecule has 0 unspecified atom stereocenters. The Balaban J connectivity index is 0.00000264. The molecule has 0 saturated carbocycles. The zero-order chi connectivity index (χ0) is 16.2. The Morgan fingerprint density at radius 2 is 2.04 bits per heavy atom. The molecule has 23 heavy (non-hydrogen) atoms. The molecule has 7 nitrogen and oxygen atoms in total. The first kappa shape index (κ1) is 19.4. The second kappa shape index (κ2) is 8.31. The first-order valence-electron chi connectivity index (χ1n) is 7.71. The molecule has 8 heteroatoms. The highest BCUT2D eigenvalue weighted by Crippen LogP contribution is 2.28. The standard InChI is InChI=1S/C15H25N5O2.ClH/c1-12(2)18-13(21)11-19(3)14(22)15(5-8-16-9-6-15)20-10-4-7-17-20;/h4,7,10,12,16H,5-6,8-9,11H2,1-3H3,(H,18,21);1H. The molecule has 1 aromatic rings. The van der Waals surface area contributed by atoms with Gasteiger partial charge in [-0.05, 0) is 45.8 Å². The summed E-state index contributed by atoms with van der Waals surface area (Å²) in [7, 11) is 1.68. The van der Waals surface area contributed by atoms with Crippen molar-refractivity contribution in [3.63, 3.8) is 0 Å². The molecule has 2 heterocycles. The molecular formula is C15H26ClN5O2. The summed E-state index contributed by atoms with van der Waals surface area (Å²) in [4.78, 5) is 26.4. The van der Waals surface area contributed by atoms with Gasteiger partial charge in [0.1, 0.15) is 5.54 Å². The van der Waals surface area contributed by atoms with Crippen molar-refractivity contribution >= 4 is 24.2 Å². The van der Waals surface area contributed by atoms with Crippen molar-refractivity contribution in [3.05, 3.63) is 18.5 Å². The zero-order valence-electron chi connectivity index (χ0n) is 13.9. The first-order valence-corrected chi connectivity index (χ1v) is 7.71. The van der Waals surface area contributed by atoms with Crippen molar-refractivity contribution in [3.8, 4) is 0 Å². The summed E-state index contributed by atoms with van der Waals surface area (Å²) in [6.45, 7) is 5.39. The lowest BCUT2D eigenvalue weighted by Gasteiger charge is -2.39. The fraction of sp³-hybridized carbons (Fsp3) is 0.667. The highest BCUT2D eigenvalue weighted by molar-refractivity contribution is 5.89. The summed E-state index contributed by atoms with van der Waals surface area (Å²) in [5.41, 5.74) is -0.693. The molecule has 1 aliphatic heterocycles. The maximum Gasteiger partial charge on any atom is 0.250 e. The van der Waals surface area contributed by atoms with E-state index in [4.69, 9.17) is 0 Å². The largest absolute Gasteiger partial charge is 0.352 e. The van der Waals surface area contributed by atoms with Crippen LogP contribution in [-0.2, 0) is 15.1 Å². The number of hydrogen-bond donors (Lipinski definition) is 2. The number of piperidine rings is 1. The minimum absolute atomic E-state index is 0. The Hall–Kier alpha value is -1.60. The van der Waals surface area contributed by atoms with Gasteiger partial charge in [-0.1, -0.05) is 0 Å². The van der Waals surface area contributed by atoms with Crippen LogP contribution in [-0.4, -0.2) is 59.2 Å². The van der Waals surface area contributed by atoms with Gasteiger partial charge in [0, 0.05) is 25.5 Å². The normalized spacial score (nSPS) is 16.5. The smallest absolute Gasteiger partial charge is 0.250 e. The lowest BCUT2D eigenvalue weighted by molar-refractivity contribution is -0.144. The Bertz CT molecular complexity index is 512. The van der Waals surface area contributed by atoms with Gasteiger partial charge in [-0.15, -0.1) is 12.4 Å². The van der Waals surface area contributed by atoms with E-state index >= 15 is 0 Å². The van der Waals surface area contributed by atoms with Crippen LogP contribution in [0.25, 0.3) is 0 Å². The van der Waals surface area contributed by atoms with E-state index in [1.54, 1.807) is 17.9 Å². The van der Waals surface area contributed by atoms with Crippen LogP contribution >= 0.6 is 12.4 Å². The number of hydrogen-bond acceptors (Lipinski definition) is 4. The second-order valence-electron chi connectivity index (χ2n) is 6.12. The Morgan fingerprint density at radius 1 is 1.39 bits per heavy atom. The molecule has 2 rings (SSSR count). The minimum atomic E-state index is -0.693. The highest BCUT2D eigenvalue weighted by atomic mass is 35.5. The van der Waals surface area contributed by atoms with Gasteiger partial charge in [0.25, 0.3) is 5.91 Å². The third kappa shape index (κ3) is 4.45. The molecule has 0 bridgehead atoms. The van der Waals surface area contributed by atoms with Gasteiger partial charge in [-0.25, -0.2) is 0 Å². The number of carbonyl (C=O) groups excluding carboxylic acids is 2. The first-order chi connectivity index (χ1) is 10.5. The van der Waals surface area contributed by atoms with Crippen LogP contribution in [0.1, 0.15) is 26.7 Å². The number of nitrogens with zero attached hydrogens (tertiary/aromatic N) is 3. The minimum Gasteiger partial charge on any atom is -0.352 e. The van der Waals surface area contributed by atoms with Crippen molar-refractivity contribution in [2.24, 2.45) is 0 Å². The third-order valence-electron chi connectivity index (χ3n) is 3.95. The van der Waals surface area contributed by atoms with E-state index in [0.717, 1.165) is 13.1 Å². The van der Waals surface area contributed by atoms with Crippen LogP contribution in [0.3, 0.4) is 0 Å². The fourth-order valence-electron chi connectivity index (χ4n) is 2.91. The molecule has 0 aromatic carbocycles. The lowest BCUT2D eigenvalue weighted by Crippen LogP contribution is -2.56. The van der Waals surface area contributed by atoms with Crippen LogP contribution in [0.15, 0.2) is 18.5 Å². The molecule has 0 radical (unpaired) electrons. The maximum absolute atomic E-state index is 13.0. The van der Waals surface area contributed by atoms with Crippen molar-refractivity contribution < 1.29 is 9.59 Å². The molecule has 0 spiro atoms. The van der Waals surface area contributed by atoms with E-state index in [1.807, 2.05) is 26.1 Å². The van der Waals surface area contributed by atoms with Crippen molar-refractivity contribution in [1.29, 1.82) is 0 Å². The molecule has 2 amide bonds. The zero-order valence-corrected chi connectivity index (χ0v) is 14.7. The monoisotopic (exact) mass is 343 g/mol. The van der Waals surface area contributed by atoms with E-state index < -0.39 is 5.54 Å². The van der Waals surface area contributed by atoms with E-state index in [2.05, 4.69) is 15.7 Å². The SMILES string of the molecule is CC(C)NC(=O)CN(C)C(=O)C1(n2cccn2)CCNCC1.Cl. The van der Waals surface area contributed by atoms with Crippen LogP contribution in [0, 0.1) is 0 Å². The van der Waals surface area contributed by atoms with Gasteiger partial charge in [0.05, 0.1) is 6.54 Å². The Labute approximate surface area is 143 Å². The number of nitrogens with one attached hydrogen (secondary N) is 2. The number of likely N-dealkylation sites (N-methyl/N-ethyl adjacent to an activating group) is 1. The average Bonchev–Trinajstić information content (AvgIpc) is 3.00. The summed E-state index contributed by atoms with van der Waals surface area (Å²) in [5, 5.41) is 10.4. The van der Waals surface area contributed by atoms with Crippen molar-refractivity contribution in [2.75, 3.05) is 26.7 Å². The van der Waals surface area contributed by atoms with Crippen LogP contribution in [0.4, 0.5) is 0 Å². The Morgan fingerprint density at radius 3 is 2.57 bits per heavy atom. The Kier molecular flexibility index (Phi) is 7.02. The van der Waals surface area contributed by atoms with Gasteiger partial charge in [-0.3, -0.25) is 14.3 Å². The van der Waals surface area contributed by atoms with Gasteiger partial charge < -0.3 is 15.5 Å². The quantitative estimate of drug-likeness (QED) is 0.809. The van der Waals surface area contributed by atoms with Gasteiger partial charge in [-0.2, -0.15) is 5.10 Å². The molecule has 130 valence electrons. The van der Waals surface area contributed by atoms with E-state index in [0.29, 0.717) is 12.8 Å². The lowest BCUT2D eigenvalue weighted by atomic mass is 9.87. The van der Waals surface area contributed by atoms with E-state index in [-0.39, 0.29) is 36.8 Å². The molecule has 1 aromatic heterocycles. The molecule has 0 atom stereocenters. The predicted molar refractivity (Wildman–Crippen MR) is 90.5 cm³/mol. The average molecular weight is 344 g/mol.